The average molecular weight is 219 g/mol. The first-order chi connectivity index (χ1) is 6.38. The molecule has 0 aliphatic rings. The van der Waals surface area contributed by atoms with Crippen LogP contribution in [-0.4, -0.2) is 8.42 Å². The highest BCUT2D eigenvalue weighted by molar-refractivity contribution is 7.84. The second kappa shape index (κ2) is 4.04. The van der Waals surface area contributed by atoms with Crippen LogP contribution in [0, 0.1) is 5.82 Å². The van der Waals surface area contributed by atoms with E-state index in [1.165, 1.54) is 31.2 Å². The van der Waals surface area contributed by atoms with E-state index in [9.17, 15) is 12.8 Å². The van der Waals surface area contributed by atoms with E-state index in [4.69, 9.17) is 0 Å². The van der Waals surface area contributed by atoms with Gasteiger partial charge in [-0.25, -0.2) is 9.53 Å². The van der Waals surface area contributed by atoms with E-state index in [0.717, 1.165) is 0 Å². The Hall–Kier alpha value is -0.980. The summed E-state index contributed by atoms with van der Waals surface area (Å²) in [5.74, 6) is -0.392. The van der Waals surface area contributed by atoms with Crippen molar-refractivity contribution in [2.45, 2.75) is 13.0 Å². The van der Waals surface area contributed by atoms with Gasteiger partial charge in [0, 0.05) is 0 Å². The van der Waals surface area contributed by atoms with Crippen molar-refractivity contribution in [1.82, 2.24) is 0 Å². The maximum atomic E-state index is 12.5. The normalized spacial score (nSPS) is 13.9. The van der Waals surface area contributed by atoms with Crippen LogP contribution in [0.1, 0.15) is 18.6 Å². The molecule has 1 aromatic rings. The molecule has 0 spiro atoms. The topological polar surface area (TPSA) is 69.4 Å². The van der Waals surface area contributed by atoms with Gasteiger partial charge in [-0.05, 0) is 24.6 Å². The van der Waals surface area contributed by atoms with Crippen molar-refractivity contribution < 1.29 is 17.0 Å². The van der Waals surface area contributed by atoms with Gasteiger partial charge in [0.1, 0.15) is 11.9 Å². The molecule has 0 aliphatic carbocycles. The van der Waals surface area contributed by atoms with Gasteiger partial charge in [0.25, 0.3) is 0 Å². The smallest absolute Gasteiger partial charge is 0.250 e. The molecule has 0 heterocycles. The molecule has 0 radical (unpaired) electrons. The highest BCUT2D eigenvalue weighted by Crippen LogP contribution is 2.17. The molecule has 1 aromatic carbocycles. The van der Waals surface area contributed by atoms with Crippen LogP contribution in [-0.2, 0) is 14.5 Å². The maximum Gasteiger partial charge on any atom is 0.333 e. The van der Waals surface area contributed by atoms with Crippen LogP contribution in [0.3, 0.4) is 0 Å². The van der Waals surface area contributed by atoms with Crippen LogP contribution >= 0.6 is 0 Å². The molecule has 0 amide bonds. The minimum Gasteiger partial charge on any atom is -0.250 e. The van der Waals surface area contributed by atoms with Crippen molar-refractivity contribution in [1.29, 1.82) is 0 Å². The number of halogens is 1. The molecule has 6 heteroatoms. The van der Waals surface area contributed by atoms with Gasteiger partial charge in [0.2, 0.25) is 0 Å². The summed E-state index contributed by atoms with van der Waals surface area (Å²) < 4.78 is 38.1. The number of hydrogen-bond donors (Lipinski definition) is 1. The summed E-state index contributed by atoms with van der Waals surface area (Å²) in [7, 11) is -3.98. The first kappa shape index (κ1) is 11.1. The predicted molar refractivity (Wildman–Crippen MR) is 49.0 cm³/mol. The summed E-state index contributed by atoms with van der Waals surface area (Å²) in [6.45, 7) is 1.51. The van der Waals surface area contributed by atoms with Crippen molar-refractivity contribution in [2.24, 2.45) is 5.14 Å². The van der Waals surface area contributed by atoms with E-state index in [0.29, 0.717) is 5.56 Å². The standard InChI is InChI=1S/C8H10FNO3S/c1-6(13-14(10,11)12)7-2-4-8(9)5-3-7/h2-6H,1H3,(H2,10,11,12). The zero-order valence-corrected chi connectivity index (χ0v) is 8.29. The van der Waals surface area contributed by atoms with E-state index in [2.05, 4.69) is 9.32 Å². The minimum absolute atomic E-state index is 0.392. The number of rotatable bonds is 3. The van der Waals surface area contributed by atoms with Crippen LogP contribution in [0.15, 0.2) is 24.3 Å². The van der Waals surface area contributed by atoms with E-state index in [1.807, 2.05) is 0 Å². The van der Waals surface area contributed by atoms with Crippen molar-refractivity contribution in [3.63, 3.8) is 0 Å². The van der Waals surface area contributed by atoms with Gasteiger partial charge in [0.15, 0.2) is 0 Å². The fourth-order valence-electron chi connectivity index (χ4n) is 0.991. The second-order valence-electron chi connectivity index (χ2n) is 2.78. The molecular formula is C8H10FNO3S. The molecule has 0 saturated heterocycles. The largest absolute Gasteiger partial charge is 0.333 e. The Morgan fingerprint density at radius 2 is 1.86 bits per heavy atom. The average Bonchev–Trinajstić information content (AvgIpc) is 2.02. The molecule has 0 saturated carbocycles. The molecule has 14 heavy (non-hydrogen) atoms. The van der Waals surface area contributed by atoms with E-state index in [1.54, 1.807) is 0 Å². The Morgan fingerprint density at radius 3 is 2.29 bits per heavy atom. The zero-order chi connectivity index (χ0) is 10.8. The Labute approximate surface area is 81.8 Å². The van der Waals surface area contributed by atoms with Crippen LogP contribution < -0.4 is 5.14 Å². The summed E-state index contributed by atoms with van der Waals surface area (Å²) in [5.41, 5.74) is 0.542. The van der Waals surface area contributed by atoms with Crippen LogP contribution in [0.4, 0.5) is 4.39 Å². The molecular weight excluding hydrogens is 209 g/mol. The molecule has 1 atom stereocenters. The Balaban J connectivity index is 2.80. The number of hydrogen-bond acceptors (Lipinski definition) is 3. The van der Waals surface area contributed by atoms with Crippen molar-refractivity contribution in [2.75, 3.05) is 0 Å². The molecule has 0 aliphatic heterocycles. The Bertz CT molecular complexity index is 401. The predicted octanol–water partition coefficient (Wildman–Crippen LogP) is 1.11. The summed E-state index contributed by atoms with van der Waals surface area (Å²) >= 11 is 0. The van der Waals surface area contributed by atoms with E-state index >= 15 is 0 Å². The highest BCUT2D eigenvalue weighted by Gasteiger charge is 2.12. The number of benzene rings is 1. The lowest BCUT2D eigenvalue weighted by Gasteiger charge is -2.10. The first-order valence-electron chi connectivity index (χ1n) is 3.85. The lowest BCUT2D eigenvalue weighted by molar-refractivity contribution is 0.234. The summed E-state index contributed by atoms with van der Waals surface area (Å²) in [6.07, 6.45) is -0.717. The zero-order valence-electron chi connectivity index (χ0n) is 7.48. The fourth-order valence-corrected chi connectivity index (χ4v) is 1.50. The van der Waals surface area contributed by atoms with Gasteiger partial charge >= 0.3 is 10.3 Å². The minimum atomic E-state index is -3.98. The third-order valence-electron chi connectivity index (χ3n) is 1.62. The van der Waals surface area contributed by atoms with Crippen LogP contribution in [0.5, 0.6) is 0 Å². The van der Waals surface area contributed by atoms with E-state index < -0.39 is 22.2 Å². The van der Waals surface area contributed by atoms with Crippen LogP contribution in [0.25, 0.3) is 0 Å². The number of nitrogens with two attached hydrogens (primary N) is 1. The van der Waals surface area contributed by atoms with Crippen molar-refractivity contribution >= 4 is 10.3 Å². The fraction of sp³-hybridized carbons (Fsp3) is 0.250. The molecule has 0 aromatic heterocycles. The quantitative estimate of drug-likeness (QED) is 0.827. The SMILES string of the molecule is CC(OS(N)(=O)=O)c1ccc(F)cc1. The summed E-state index contributed by atoms with van der Waals surface area (Å²) in [6, 6.07) is 5.31. The van der Waals surface area contributed by atoms with Gasteiger partial charge in [-0.3, -0.25) is 4.18 Å². The molecule has 78 valence electrons. The summed E-state index contributed by atoms with van der Waals surface area (Å²) in [4.78, 5) is 0. The monoisotopic (exact) mass is 219 g/mol. The van der Waals surface area contributed by atoms with Gasteiger partial charge < -0.3 is 0 Å². The van der Waals surface area contributed by atoms with Crippen molar-refractivity contribution in [3.05, 3.63) is 35.6 Å². The lowest BCUT2D eigenvalue weighted by atomic mass is 10.1. The Kier molecular flexibility index (Phi) is 3.20. The molecule has 0 fully saturated rings. The van der Waals surface area contributed by atoms with Gasteiger partial charge in [-0.1, -0.05) is 12.1 Å². The second-order valence-corrected chi connectivity index (χ2v) is 3.96. The maximum absolute atomic E-state index is 12.5. The summed E-state index contributed by atoms with van der Waals surface area (Å²) in [5, 5.41) is 4.68. The molecule has 0 bridgehead atoms. The highest BCUT2D eigenvalue weighted by atomic mass is 32.2. The molecule has 4 nitrogen and oxygen atoms in total. The van der Waals surface area contributed by atoms with E-state index in [-0.39, 0.29) is 0 Å². The third-order valence-corrected chi connectivity index (χ3v) is 2.17. The van der Waals surface area contributed by atoms with Gasteiger partial charge in [0.05, 0.1) is 0 Å². The molecule has 1 rings (SSSR count). The third kappa shape index (κ3) is 3.41. The van der Waals surface area contributed by atoms with Gasteiger partial charge in [-0.2, -0.15) is 8.42 Å². The molecule has 2 N–H and O–H groups in total. The lowest BCUT2D eigenvalue weighted by Crippen LogP contribution is -2.17. The molecule has 1 unspecified atom stereocenters. The first-order valence-corrected chi connectivity index (χ1v) is 5.32. The van der Waals surface area contributed by atoms with Crippen LogP contribution in [0.2, 0.25) is 0 Å². The Morgan fingerprint density at radius 1 is 1.36 bits per heavy atom. The van der Waals surface area contributed by atoms with Crippen molar-refractivity contribution in [3.8, 4) is 0 Å². The van der Waals surface area contributed by atoms with Gasteiger partial charge in [-0.15, -0.1) is 0 Å².